The number of carbonyl (C=O) groups is 1. The van der Waals surface area contributed by atoms with Crippen LogP contribution in [-0.4, -0.2) is 30.9 Å². The molecule has 0 aliphatic heterocycles. The number of fused-ring (bicyclic) bond motifs is 1. The number of amides is 1. The van der Waals surface area contributed by atoms with Crippen molar-refractivity contribution in [3.63, 3.8) is 0 Å². The van der Waals surface area contributed by atoms with E-state index in [1.165, 1.54) is 22.5 Å². The first-order valence-electron chi connectivity index (χ1n) is 8.91. The van der Waals surface area contributed by atoms with E-state index in [0.717, 1.165) is 22.4 Å². The second-order valence-corrected chi connectivity index (χ2v) is 10.5. The molecule has 0 atom stereocenters. The van der Waals surface area contributed by atoms with Gasteiger partial charge in [0.15, 0.2) is 14.6 Å². The molecule has 8 heteroatoms. The van der Waals surface area contributed by atoms with E-state index < -0.39 is 9.84 Å². The molecule has 0 bridgehead atoms. The van der Waals surface area contributed by atoms with Gasteiger partial charge in [0.2, 0.25) is 5.91 Å². The van der Waals surface area contributed by atoms with Crippen LogP contribution in [0, 0.1) is 12.3 Å². The summed E-state index contributed by atoms with van der Waals surface area (Å²) in [4.78, 5) is 18.5. The van der Waals surface area contributed by atoms with E-state index >= 15 is 0 Å². The van der Waals surface area contributed by atoms with E-state index in [-0.39, 0.29) is 17.3 Å². The molecule has 3 rings (SSSR count). The van der Waals surface area contributed by atoms with Crippen molar-refractivity contribution in [1.29, 1.82) is 0 Å². The number of thiazole rings is 1. The van der Waals surface area contributed by atoms with Crippen LogP contribution in [-0.2, 0) is 21.2 Å². The van der Waals surface area contributed by atoms with Crippen molar-refractivity contribution in [3.8, 4) is 12.3 Å². The summed E-state index contributed by atoms with van der Waals surface area (Å²) in [6.07, 6.45) is 7.71. The van der Waals surface area contributed by atoms with Gasteiger partial charge in [0, 0.05) is 17.6 Å². The predicted molar refractivity (Wildman–Crippen MR) is 119 cm³/mol. The van der Waals surface area contributed by atoms with Crippen molar-refractivity contribution in [3.05, 3.63) is 53.3 Å². The molecule has 0 fully saturated rings. The normalized spacial score (nSPS) is 12.2. The molecule has 0 aliphatic carbocycles. The fourth-order valence-electron chi connectivity index (χ4n) is 2.71. The molecule has 1 heterocycles. The maximum absolute atomic E-state index is 12.4. The number of carbonyl (C=O) groups excluding carboxylic acids is 1. The van der Waals surface area contributed by atoms with Crippen molar-refractivity contribution in [1.82, 2.24) is 4.57 Å². The van der Waals surface area contributed by atoms with E-state index in [1.807, 2.05) is 30.3 Å². The van der Waals surface area contributed by atoms with Gasteiger partial charge in [0.05, 0.1) is 21.7 Å². The van der Waals surface area contributed by atoms with Crippen LogP contribution in [0.15, 0.2) is 63.3 Å². The highest BCUT2D eigenvalue weighted by Gasteiger charge is 2.12. The third kappa shape index (κ3) is 5.60. The summed E-state index contributed by atoms with van der Waals surface area (Å²) in [5.41, 5.74) is 0.770. The van der Waals surface area contributed by atoms with Crippen LogP contribution in [0.4, 0.5) is 0 Å². The molecule has 0 unspecified atom stereocenters. The smallest absolute Gasteiger partial charge is 0.248 e. The highest BCUT2D eigenvalue weighted by molar-refractivity contribution is 7.99. The zero-order valence-corrected chi connectivity index (χ0v) is 18.3. The zero-order chi connectivity index (χ0) is 20.9. The molecule has 1 amide bonds. The number of hydrogen-bond donors (Lipinski definition) is 0. The third-order valence-electron chi connectivity index (χ3n) is 4.10. The Labute approximate surface area is 178 Å². The van der Waals surface area contributed by atoms with E-state index in [0.29, 0.717) is 11.2 Å². The topological polar surface area (TPSA) is 68.5 Å². The van der Waals surface area contributed by atoms with Crippen molar-refractivity contribution in [2.45, 2.75) is 29.2 Å². The second-order valence-electron chi connectivity index (χ2n) is 6.35. The molecule has 5 nitrogen and oxygen atoms in total. The number of benzene rings is 2. The number of hydrogen-bond acceptors (Lipinski definition) is 5. The highest BCUT2D eigenvalue weighted by atomic mass is 32.2. The Morgan fingerprint density at radius 3 is 2.69 bits per heavy atom. The molecule has 0 saturated carbocycles. The SMILES string of the molecule is C#CCn1c(=NC(=O)CCCSc2ccccc2)sc2cc(S(C)(=O)=O)ccc21. The number of thioether (sulfide) groups is 1. The first kappa shape index (κ1) is 21.4. The second kappa shape index (κ2) is 9.44. The lowest BCUT2D eigenvalue weighted by molar-refractivity contribution is -0.118. The number of sulfone groups is 1. The van der Waals surface area contributed by atoms with E-state index in [9.17, 15) is 13.2 Å². The van der Waals surface area contributed by atoms with Gasteiger partial charge in [-0.2, -0.15) is 4.99 Å². The lowest BCUT2D eigenvalue weighted by Crippen LogP contribution is -2.16. The Morgan fingerprint density at radius 1 is 1.24 bits per heavy atom. The molecule has 3 aromatic rings. The molecular formula is C21H20N2O3S3. The van der Waals surface area contributed by atoms with Crippen LogP contribution >= 0.6 is 23.1 Å². The first-order valence-corrected chi connectivity index (χ1v) is 12.6. The average molecular weight is 445 g/mol. The monoisotopic (exact) mass is 444 g/mol. The van der Waals surface area contributed by atoms with Gasteiger partial charge in [0.1, 0.15) is 0 Å². The lowest BCUT2D eigenvalue weighted by atomic mass is 10.3. The number of aromatic nitrogens is 1. The summed E-state index contributed by atoms with van der Waals surface area (Å²) in [5.74, 6) is 3.19. The lowest BCUT2D eigenvalue weighted by Gasteiger charge is -2.02. The molecule has 150 valence electrons. The van der Waals surface area contributed by atoms with Crippen molar-refractivity contribution in [2.75, 3.05) is 12.0 Å². The van der Waals surface area contributed by atoms with E-state index in [1.54, 1.807) is 34.5 Å². The van der Waals surface area contributed by atoms with Crippen molar-refractivity contribution in [2.24, 2.45) is 4.99 Å². The van der Waals surface area contributed by atoms with Crippen LogP contribution in [0.3, 0.4) is 0 Å². The van der Waals surface area contributed by atoms with Crippen molar-refractivity contribution >= 4 is 49.1 Å². The molecule has 0 aliphatic rings. The van der Waals surface area contributed by atoms with Gasteiger partial charge < -0.3 is 4.57 Å². The maximum atomic E-state index is 12.4. The molecular weight excluding hydrogens is 424 g/mol. The van der Waals surface area contributed by atoms with Gasteiger partial charge in [-0.1, -0.05) is 35.5 Å². The van der Waals surface area contributed by atoms with Crippen LogP contribution < -0.4 is 4.80 Å². The first-order chi connectivity index (χ1) is 13.9. The fraction of sp³-hybridized carbons (Fsp3) is 0.238. The third-order valence-corrected chi connectivity index (χ3v) is 7.35. The largest absolute Gasteiger partial charge is 0.305 e. The van der Waals surface area contributed by atoms with Gasteiger partial charge >= 0.3 is 0 Å². The van der Waals surface area contributed by atoms with Crippen LogP contribution in [0.2, 0.25) is 0 Å². The average Bonchev–Trinajstić information content (AvgIpc) is 3.02. The predicted octanol–water partition coefficient (Wildman–Crippen LogP) is 3.74. The molecule has 0 spiro atoms. The minimum Gasteiger partial charge on any atom is -0.305 e. The van der Waals surface area contributed by atoms with Crippen molar-refractivity contribution < 1.29 is 13.2 Å². The van der Waals surface area contributed by atoms with E-state index in [4.69, 9.17) is 6.42 Å². The fourth-order valence-corrected chi connectivity index (χ4v) is 5.39. The Bertz CT molecular complexity index is 1230. The minimum atomic E-state index is -3.31. The maximum Gasteiger partial charge on any atom is 0.248 e. The summed E-state index contributed by atoms with van der Waals surface area (Å²) in [7, 11) is -3.31. The van der Waals surface area contributed by atoms with Crippen LogP contribution in [0.25, 0.3) is 10.2 Å². The summed E-state index contributed by atoms with van der Waals surface area (Å²) in [6.45, 7) is 0.258. The number of rotatable bonds is 7. The standard InChI is InChI=1S/C21H20N2O3S3/c1-3-13-23-18-12-11-17(29(2,25)26)15-19(18)28-21(23)22-20(24)10-7-14-27-16-8-5-4-6-9-16/h1,4-6,8-9,11-12,15H,7,10,13-14H2,2H3. The minimum absolute atomic E-state index is 0.209. The Balaban J connectivity index is 1.77. The molecule has 0 N–H and O–H groups in total. The highest BCUT2D eigenvalue weighted by Crippen LogP contribution is 2.22. The van der Waals surface area contributed by atoms with E-state index in [2.05, 4.69) is 10.9 Å². The molecule has 29 heavy (non-hydrogen) atoms. The number of nitrogens with zero attached hydrogens (tertiary/aromatic N) is 2. The molecule has 0 radical (unpaired) electrons. The van der Waals surface area contributed by atoms with Gasteiger partial charge in [-0.15, -0.1) is 18.2 Å². The molecule has 1 aromatic heterocycles. The summed E-state index contributed by atoms with van der Waals surface area (Å²) >= 11 is 2.98. The van der Waals surface area contributed by atoms with Gasteiger partial charge in [-0.05, 0) is 42.5 Å². The quantitative estimate of drug-likeness (QED) is 0.316. The Kier molecular flexibility index (Phi) is 6.96. The van der Waals surface area contributed by atoms with Gasteiger partial charge in [0.25, 0.3) is 0 Å². The molecule has 2 aromatic carbocycles. The summed E-state index contributed by atoms with van der Waals surface area (Å²) in [5, 5.41) is 0. The number of terminal acetylenes is 1. The van der Waals surface area contributed by atoms with Crippen LogP contribution in [0.1, 0.15) is 12.8 Å². The Morgan fingerprint density at radius 2 is 2.00 bits per heavy atom. The van der Waals surface area contributed by atoms with Gasteiger partial charge in [-0.25, -0.2) is 8.42 Å². The summed E-state index contributed by atoms with van der Waals surface area (Å²) < 4.78 is 26.1. The summed E-state index contributed by atoms with van der Waals surface area (Å²) in [6, 6.07) is 14.9. The molecule has 0 saturated heterocycles. The van der Waals surface area contributed by atoms with Gasteiger partial charge in [-0.3, -0.25) is 4.79 Å². The Hall–Kier alpha value is -2.34. The zero-order valence-electron chi connectivity index (χ0n) is 15.9. The van der Waals surface area contributed by atoms with Crippen LogP contribution in [0.5, 0.6) is 0 Å².